The van der Waals surface area contributed by atoms with E-state index >= 15 is 0 Å². The summed E-state index contributed by atoms with van der Waals surface area (Å²) in [6, 6.07) is 12.4. The molecule has 0 atom stereocenters. The Morgan fingerprint density at radius 1 is 1.07 bits per heavy atom. The van der Waals surface area contributed by atoms with Crippen LogP contribution in [0.5, 0.6) is 5.75 Å². The summed E-state index contributed by atoms with van der Waals surface area (Å²) < 4.78 is 11.8. The minimum atomic E-state index is -0.424. The molecule has 0 aliphatic carbocycles. The number of pyridine rings is 1. The standard InChI is InChI=1S/C20H22N4O4/c1-27-13-7-11-21-20(26)18-23-17(15-9-5-6-12-24(15)18)19(25)22-14-8-3-4-10-16(14)28-2/h3-6,8-10,12H,7,11,13H2,1-2H3,(H,21,26)(H,22,25). The van der Waals surface area contributed by atoms with Crippen LogP contribution < -0.4 is 15.4 Å². The number of carbonyl (C=O) groups excluding carboxylic acids is 2. The number of nitrogens with one attached hydrogen (secondary N) is 2. The summed E-state index contributed by atoms with van der Waals surface area (Å²) in [6.07, 6.45) is 2.39. The van der Waals surface area contributed by atoms with Crippen LogP contribution in [-0.4, -0.2) is 48.6 Å². The Kier molecular flexibility index (Phi) is 6.23. The van der Waals surface area contributed by atoms with Crippen molar-refractivity contribution >= 4 is 23.0 Å². The second-order valence-corrected chi connectivity index (χ2v) is 6.00. The second kappa shape index (κ2) is 9.01. The SMILES string of the molecule is COCCCNC(=O)c1nc(C(=O)Nc2ccccc2OC)c2ccccn12. The molecule has 2 N–H and O–H groups in total. The van der Waals surface area contributed by atoms with Crippen LogP contribution in [0.25, 0.3) is 5.52 Å². The molecule has 0 spiro atoms. The number of benzene rings is 1. The minimum absolute atomic E-state index is 0.151. The van der Waals surface area contributed by atoms with Gasteiger partial charge in [0, 0.05) is 26.5 Å². The number of para-hydroxylation sites is 2. The fourth-order valence-electron chi connectivity index (χ4n) is 2.79. The van der Waals surface area contributed by atoms with Crippen molar-refractivity contribution in [3.63, 3.8) is 0 Å². The fourth-order valence-corrected chi connectivity index (χ4v) is 2.79. The third kappa shape index (κ3) is 4.12. The fraction of sp³-hybridized carbons (Fsp3) is 0.250. The summed E-state index contributed by atoms with van der Waals surface area (Å²) in [6.45, 7) is 1.01. The van der Waals surface area contributed by atoms with Gasteiger partial charge in [0.2, 0.25) is 5.82 Å². The number of fused-ring (bicyclic) bond motifs is 1. The van der Waals surface area contributed by atoms with Crippen LogP contribution in [0.1, 0.15) is 27.5 Å². The summed E-state index contributed by atoms with van der Waals surface area (Å²) in [4.78, 5) is 29.7. The summed E-state index contributed by atoms with van der Waals surface area (Å²) in [5.41, 5.74) is 1.23. The maximum Gasteiger partial charge on any atom is 0.287 e. The molecule has 0 radical (unpaired) electrons. The Labute approximate surface area is 162 Å². The molecule has 3 rings (SSSR count). The van der Waals surface area contributed by atoms with Gasteiger partial charge in [-0.05, 0) is 30.7 Å². The van der Waals surface area contributed by atoms with Crippen molar-refractivity contribution in [1.82, 2.24) is 14.7 Å². The Bertz CT molecular complexity index is 983. The highest BCUT2D eigenvalue weighted by Gasteiger charge is 2.22. The monoisotopic (exact) mass is 382 g/mol. The highest BCUT2D eigenvalue weighted by Crippen LogP contribution is 2.24. The van der Waals surface area contributed by atoms with Crippen molar-refractivity contribution in [3.8, 4) is 5.75 Å². The molecular weight excluding hydrogens is 360 g/mol. The van der Waals surface area contributed by atoms with Gasteiger partial charge in [-0.2, -0.15) is 0 Å². The van der Waals surface area contributed by atoms with E-state index in [1.54, 1.807) is 54.1 Å². The van der Waals surface area contributed by atoms with Crippen LogP contribution in [0.3, 0.4) is 0 Å². The number of hydrogen-bond donors (Lipinski definition) is 2. The van der Waals surface area contributed by atoms with Crippen LogP contribution in [0.4, 0.5) is 5.69 Å². The van der Waals surface area contributed by atoms with Crippen LogP contribution >= 0.6 is 0 Å². The van der Waals surface area contributed by atoms with Gasteiger partial charge in [0.1, 0.15) is 5.75 Å². The van der Waals surface area contributed by atoms with Crippen molar-refractivity contribution in [1.29, 1.82) is 0 Å². The van der Waals surface area contributed by atoms with E-state index < -0.39 is 5.91 Å². The molecule has 8 nitrogen and oxygen atoms in total. The van der Waals surface area contributed by atoms with Gasteiger partial charge in [0.25, 0.3) is 11.8 Å². The maximum absolute atomic E-state index is 12.8. The lowest BCUT2D eigenvalue weighted by Crippen LogP contribution is -2.27. The lowest BCUT2D eigenvalue weighted by atomic mass is 10.2. The number of methoxy groups -OCH3 is 2. The van der Waals surface area contributed by atoms with E-state index in [2.05, 4.69) is 15.6 Å². The highest BCUT2D eigenvalue weighted by molar-refractivity contribution is 6.09. The van der Waals surface area contributed by atoms with Crippen molar-refractivity contribution in [2.24, 2.45) is 0 Å². The van der Waals surface area contributed by atoms with E-state index in [4.69, 9.17) is 9.47 Å². The molecule has 0 aliphatic heterocycles. The van der Waals surface area contributed by atoms with Gasteiger partial charge in [0.05, 0.1) is 18.3 Å². The Morgan fingerprint density at radius 2 is 1.86 bits per heavy atom. The molecule has 0 aliphatic rings. The van der Waals surface area contributed by atoms with Crippen molar-refractivity contribution in [2.75, 3.05) is 32.7 Å². The average molecular weight is 382 g/mol. The Balaban J connectivity index is 1.87. The van der Waals surface area contributed by atoms with Crippen LogP contribution in [0.2, 0.25) is 0 Å². The first-order chi connectivity index (χ1) is 13.7. The first-order valence-corrected chi connectivity index (χ1v) is 8.84. The number of nitrogens with zero attached hydrogens (tertiary/aromatic N) is 2. The van der Waals surface area contributed by atoms with E-state index in [0.29, 0.717) is 36.5 Å². The number of rotatable bonds is 8. The summed E-state index contributed by atoms with van der Waals surface area (Å²) in [5.74, 6) is -0.0889. The van der Waals surface area contributed by atoms with Gasteiger partial charge in [-0.15, -0.1) is 0 Å². The molecule has 0 bridgehead atoms. The molecule has 0 saturated carbocycles. The van der Waals surface area contributed by atoms with Crippen molar-refractivity contribution in [2.45, 2.75) is 6.42 Å². The number of carbonyl (C=O) groups is 2. The molecule has 2 heterocycles. The number of aromatic nitrogens is 2. The second-order valence-electron chi connectivity index (χ2n) is 6.00. The molecule has 146 valence electrons. The van der Waals surface area contributed by atoms with E-state index in [-0.39, 0.29) is 17.4 Å². The lowest BCUT2D eigenvalue weighted by Gasteiger charge is -2.08. The maximum atomic E-state index is 12.8. The Hall–Kier alpha value is -3.39. The van der Waals surface area contributed by atoms with E-state index in [1.807, 2.05) is 6.07 Å². The molecular formula is C20H22N4O4. The summed E-state index contributed by atoms with van der Waals surface area (Å²) in [7, 11) is 3.14. The zero-order chi connectivity index (χ0) is 19.9. The van der Waals surface area contributed by atoms with Gasteiger partial charge in [-0.1, -0.05) is 18.2 Å². The molecule has 2 amide bonds. The minimum Gasteiger partial charge on any atom is -0.495 e. The van der Waals surface area contributed by atoms with Gasteiger partial charge >= 0.3 is 0 Å². The highest BCUT2D eigenvalue weighted by atomic mass is 16.5. The average Bonchev–Trinajstić information content (AvgIpc) is 3.11. The van der Waals surface area contributed by atoms with Gasteiger partial charge < -0.3 is 20.1 Å². The molecule has 0 fully saturated rings. The molecule has 28 heavy (non-hydrogen) atoms. The largest absolute Gasteiger partial charge is 0.495 e. The van der Waals surface area contributed by atoms with E-state index in [9.17, 15) is 9.59 Å². The number of hydrogen-bond acceptors (Lipinski definition) is 5. The molecule has 0 saturated heterocycles. The Morgan fingerprint density at radius 3 is 2.64 bits per heavy atom. The molecule has 1 aromatic carbocycles. The third-order valence-electron chi connectivity index (χ3n) is 4.13. The zero-order valence-electron chi connectivity index (χ0n) is 15.8. The van der Waals surface area contributed by atoms with Crippen LogP contribution in [0, 0.1) is 0 Å². The summed E-state index contributed by atoms with van der Waals surface area (Å²) in [5, 5.41) is 5.59. The smallest absolute Gasteiger partial charge is 0.287 e. The van der Waals surface area contributed by atoms with E-state index in [0.717, 1.165) is 0 Å². The van der Waals surface area contributed by atoms with Gasteiger partial charge in [-0.25, -0.2) is 4.98 Å². The number of imidazole rings is 1. The lowest BCUT2D eigenvalue weighted by molar-refractivity contribution is 0.0937. The zero-order valence-corrected chi connectivity index (χ0v) is 15.8. The summed E-state index contributed by atoms with van der Waals surface area (Å²) >= 11 is 0. The molecule has 8 heteroatoms. The van der Waals surface area contributed by atoms with Crippen molar-refractivity contribution in [3.05, 3.63) is 60.2 Å². The normalized spacial score (nSPS) is 10.6. The predicted molar refractivity (Wildman–Crippen MR) is 105 cm³/mol. The van der Waals surface area contributed by atoms with E-state index in [1.165, 1.54) is 7.11 Å². The molecule has 3 aromatic rings. The van der Waals surface area contributed by atoms with Crippen molar-refractivity contribution < 1.29 is 19.1 Å². The van der Waals surface area contributed by atoms with Crippen LogP contribution in [-0.2, 0) is 4.74 Å². The van der Waals surface area contributed by atoms with Gasteiger partial charge in [-0.3, -0.25) is 14.0 Å². The predicted octanol–water partition coefficient (Wildman–Crippen LogP) is 2.36. The van der Waals surface area contributed by atoms with Crippen LogP contribution in [0.15, 0.2) is 48.7 Å². The third-order valence-corrected chi connectivity index (χ3v) is 4.13. The number of ether oxygens (including phenoxy) is 2. The molecule has 0 unspecified atom stereocenters. The number of amides is 2. The quantitative estimate of drug-likeness (QED) is 0.584. The first-order valence-electron chi connectivity index (χ1n) is 8.84. The topological polar surface area (TPSA) is 94.0 Å². The number of anilines is 1. The first kappa shape index (κ1) is 19.4. The van der Waals surface area contributed by atoms with Gasteiger partial charge in [0.15, 0.2) is 5.69 Å². The molecule has 2 aromatic heterocycles.